The molecule has 0 aliphatic carbocycles. The summed E-state index contributed by atoms with van der Waals surface area (Å²) in [5.41, 5.74) is 2.92. The number of hydrogen-bond acceptors (Lipinski definition) is 2. The zero-order valence-corrected chi connectivity index (χ0v) is 12.7. The van der Waals surface area contributed by atoms with Gasteiger partial charge in [-0.3, -0.25) is 0 Å². The quantitative estimate of drug-likeness (QED) is 0.914. The number of anilines is 1. The first kappa shape index (κ1) is 14.1. The Kier molecular flexibility index (Phi) is 3.68. The molecule has 0 atom stereocenters. The topological polar surface area (TPSA) is 40.5 Å². The Balaban J connectivity index is 1.86. The average Bonchev–Trinajstić information content (AvgIpc) is 2.84. The molecule has 0 spiro atoms. The summed E-state index contributed by atoms with van der Waals surface area (Å²) >= 11 is 3.25. The minimum atomic E-state index is -0.921. The molecule has 1 N–H and O–H groups in total. The first-order valence-corrected chi connectivity index (χ1v) is 7.39. The van der Waals surface area contributed by atoms with E-state index in [0.717, 1.165) is 28.7 Å². The van der Waals surface area contributed by atoms with Crippen molar-refractivity contribution in [2.24, 2.45) is 0 Å². The van der Waals surface area contributed by atoms with Crippen molar-refractivity contribution in [1.29, 1.82) is 0 Å². The van der Waals surface area contributed by atoms with E-state index in [9.17, 15) is 9.18 Å². The van der Waals surface area contributed by atoms with Crippen LogP contribution in [0.5, 0.6) is 0 Å². The smallest absolute Gasteiger partial charge is 0.335 e. The van der Waals surface area contributed by atoms with Crippen molar-refractivity contribution in [3.05, 3.63) is 63.4 Å². The molecule has 0 amide bonds. The molecule has 0 saturated heterocycles. The molecule has 1 aliphatic heterocycles. The second-order valence-electron chi connectivity index (χ2n) is 5.06. The number of carbonyl (C=O) groups is 1. The number of fused-ring (bicyclic) bond motifs is 1. The van der Waals surface area contributed by atoms with Crippen LogP contribution in [0.3, 0.4) is 0 Å². The van der Waals surface area contributed by atoms with Gasteiger partial charge in [0.15, 0.2) is 0 Å². The minimum absolute atomic E-state index is 0.236. The zero-order valence-electron chi connectivity index (χ0n) is 11.1. The molecule has 1 aliphatic rings. The molecule has 108 valence electrons. The van der Waals surface area contributed by atoms with Crippen LogP contribution in [-0.2, 0) is 13.0 Å². The number of halogens is 2. The van der Waals surface area contributed by atoms with Gasteiger partial charge in [-0.25, -0.2) is 9.18 Å². The SMILES string of the molecule is O=C(O)c1ccc2c(c1)CCN2Cc1ccc(Br)cc1F. The molecule has 3 rings (SSSR count). The molecule has 3 nitrogen and oxygen atoms in total. The molecule has 0 fully saturated rings. The Morgan fingerprint density at radius 1 is 1.29 bits per heavy atom. The van der Waals surface area contributed by atoms with Crippen molar-refractivity contribution in [2.75, 3.05) is 11.4 Å². The highest BCUT2D eigenvalue weighted by Crippen LogP contribution is 2.31. The molecule has 2 aromatic carbocycles. The van der Waals surface area contributed by atoms with Crippen LogP contribution in [0.1, 0.15) is 21.5 Å². The Bertz CT molecular complexity index is 717. The Labute approximate surface area is 130 Å². The van der Waals surface area contributed by atoms with Crippen molar-refractivity contribution < 1.29 is 14.3 Å². The van der Waals surface area contributed by atoms with Crippen molar-refractivity contribution >= 4 is 27.6 Å². The van der Waals surface area contributed by atoms with Crippen LogP contribution < -0.4 is 4.90 Å². The number of carboxylic acid groups (broad SMARTS) is 1. The van der Waals surface area contributed by atoms with Crippen molar-refractivity contribution in [3.63, 3.8) is 0 Å². The lowest BCUT2D eigenvalue weighted by molar-refractivity contribution is 0.0697. The Hall–Kier alpha value is -1.88. The monoisotopic (exact) mass is 349 g/mol. The van der Waals surface area contributed by atoms with Crippen molar-refractivity contribution in [1.82, 2.24) is 0 Å². The lowest BCUT2D eigenvalue weighted by Gasteiger charge is -2.20. The Morgan fingerprint density at radius 3 is 2.81 bits per heavy atom. The maximum Gasteiger partial charge on any atom is 0.335 e. The van der Waals surface area contributed by atoms with Gasteiger partial charge in [0.2, 0.25) is 0 Å². The maximum absolute atomic E-state index is 13.9. The van der Waals surface area contributed by atoms with Gasteiger partial charge in [0.25, 0.3) is 0 Å². The zero-order chi connectivity index (χ0) is 15.0. The molecule has 1 heterocycles. The van der Waals surface area contributed by atoms with E-state index in [1.54, 1.807) is 18.2 Å². The summed E-state index contributed by atoms with van der Waals surface area (Å²) in [6.07, 6.45) is 0.786. The summed E-state index contributed by atoms with van der Waals surface area (Å²) in [7, 11) is 0. The third-order valence-corrected chi connectivity index (χ3v) is 4.19. The van der Waals surface area contributed by atoms with Gasteiger partial charge in [0.05, 0.1) is 5.56 Å². The van der Waals surface area contributed by atoms with Crippen LogP contribution in [0.25, 0.3) is 0 Å². The lowest BCUT2D eigenvalue weighted by Crippen LogP contribution is -2.20. The number of benzene rings is 2. The van der Waals surface area contributed by atoms with E-state index < -0.39 is 5.97 Å². The largest absolute Gasteiger partial charge is 0.478 e. The summed E-state index contributed by atoms with van der Waals surface area (Å²) < 4.78 is 14.6. The van der Waals surface area contributed by atoms with Crippen molar-refractivity contribution in [2.45, 2.75) is 13.0 Å². The van der Waals surface area contributed by atoms with Gasteiger partial charge in [0, 0.05) is 28.8 Å². The van der Waals surface area contributed by atoms with E-state index in [2.05, 4.69) is 20.8 Å². The predicted molar refractivity (Wildman–Crippen MR) is 82.3 cm³/mol. The second kappa shape index (κ2) is 5.48. The fourth-order valence-corrected chi connectivity index (χ4v) is 2.96. The van der Waals surface area contributed by atoms with E-state index >= 15 is 0 Å². The molecule has 21 heavy (non-hydrogen) atoms. The molecular formula is C16H13BrFNO2. The molecule has 5 heteroatoms. The highest BCUT2D eigenvalue weighted by atomic mass is 79.9. The van der Waals surface area contributed by atoms with Crippen LogP contribution >= 0.6 is 15.9 Å². The number of hydrogen-bond donors (Lipinski definition) is 1. The van der Waals surface area contributed by atoms with Crippen LogP contribution in [0.4, 0.5) is 10.1 Å². The molecule has 0 unspecified atom stereocenters. The summed E-state index contributed by atoms with van der Waals surface area (Å²) in [5, 5.41) is 9.01. The van der Waals surface area contributed by atoms with E-state index in [1.807, 2.05) is 12.1 Å². The number of aromatic carboxylic acids is 1. The minimum Gasteiger partial charge on any atom is -0.478 e. The summed E-state index contributed by atoms with van der Waals surface area (Å²) in [6, 6.07) is 10.2. The fourth-order valence-electron chi connectivity index (χ4n) is 2.62. The number of carboxylic acids is 1. The first-order valence-electron chi connectivity index (χ1n) is 6.59. The predicted octanol–water partition coefficient (Wildman–Crippen LogP) is 3.85. The van der Waals surface area contributed by atoms with E-state index in [-0.39, 0.29) is 5.82 Å². The van der Waals surface area contributed by atoms with Gasteiger partial charge in [-0.05, 0) is 42.3 Å². The first-order chi connectivity index (χ1) is 10.0. The second-order valence-corrected chi connectivity index (χ2v) is 5.97. The molecule has 0 saturated carbocycles. The summed E-state index contributed by atoms with van der Waals surface area (Å²) in [5.74, 6) is -1.16. The van der Waals surface area contributed by atoms with E-state index in [4.69, 9.17) is 5.11 Å². The van der Waals surface area contributed by atoms with Gasteiger partial charge in [0.1, 0.15) is 5.82 Å². The molecule has 0 radical (unpaired) electrons. The van der Waals surface area contributed by atoms with Crippen molar-refractivity contribution in [3.8, 4) is 0 Å². The third-order valence-electron chi connectivity index (χ3n) is 3.69. The Morgan fingerprint density at radius 2 is 2.10 bits per heavy atom. The van der Waals surface area contributed by atoms with Gasteiger partial charge >= 0.3 is 5.97 Å². The molecular weight excluding hydrogens is 337 g/mol. The number of nitrogens with zero attached hydrogens (tertiary/aromatic N) is 1. The van der Waals surface area contributed by atoms with Crippen LogP contribution in [0, 0.1) is 5.82 Å². The lowest BCUT2D eigenvalue weighted by atomic mass is 10.1. The van der Waals surface area contributed by atoms with Gasteiger partial charge in [-0.1, -0.05) is 22.0 Å². The normalized spacial score (nSPS) is 13.3. The maximum atomic E-state index is 13.9. The summed E-state index contributed by atoms with van der Waals surface area (Å²) in [4.78, 5) is 13.1. The average molecular weight is 350 g/mol. The summed E-state index contributed by atoms with van der Waals surface area (Å²) in [6.45, 7) is 1.26. The van der Waals surface area contributed by atoms with Crippen LogP contribution in [0.2, 0.25) is 0 Å². The fraction of sp³-hybridized carbons (Fsp3) is 0.188. The molecule has 0 aromatic heterocycles. The van der Waals surface area contributed by atoms with Gasteiger partial charge in [-0.2, -0.15) is 0 Å². The third kappa shape index (κ3) is 2.78. The van der Waals surface area contributed by atoms with Gasteiger partial charge < -0.3 is 10.0 Å². The van der Waals surface area contributed by atoms with Gasteiger partial charge in [-0.15, -0.1) is 0 Å². The number of rotatable bonds is 3. The standard InChI is InChI=1S/C16H13BrFNO2/c17-13-3-1-12(14(18)8-13)9-19-6-5-10-7-11(16(20)21)2-4-15(10)19/h1-4,7-8H,5-6,9H2,(H,20,21). The molecule has 0 bridgehead atoms. The highest BCUT2D eigenvalue weighted by Gasteiger charge is 2.21. The van der Waals surface area contributed by atoms with Crippen LogP contribution in [-0.4, -0.2) is 17.6 Å². The van der Waals surface area contributed by atoms with Crippen LogP contribution in [0.15, 0.2) is 40.9 Å². The van der Waals surface area contributed by atoms with E-state index in [0.29, 0.717) is 17.7 Å². The molecule has 2 aromatic rings. The highest BCUT2D eigenvalue weighted by molar-refractivity contribution is 9.10. The van der Waals surface area contributed by atoms with E-state index in [1.165, 1.54) is 6.07 Å².